The molecule has 0 unspecified atom stereocenters. The first-order valence-electron chi connectivity index (χ1n) is 5.80. The van der Waals surface area contributed by atoms with E-state index < -0.39 is 15.9 Å². The van der Waals surface area contributed by atoms with Gasteiger partial charge in [0.2, 0.25) is 5.91 Å². The van der Waals surface area contributed by atoms with Crippen LogP contribution in [0.4, 0.5) is 5.69 Å². The Morgan fingerprint density at radius 3 is 2.50 bits per heavy atom. The fourth-order valence-corrected chi connectivity index (χ4v) is 2.46. The second-order valence-corrected chi connectivity index (χ2v) is 6.15. The molecule has 0 bridgehead atoms. The molecule has 0 aliphatic rings. The number of hydrogen-bond donors (Lipinski definition) is 2. The van der Waals surface area contributed by atoms with E-state index >= 15 is 0 Å². The molecule has 18 heavy (non-hydrogen) atoms. The van der Waals surface area contributed by atoms with Gasteiger partial charge in [-0.15, -0.1) is 0 Å². The van der Waals surface area contributed by atoms with E-state index in [9.17, 15) is 13.2 Å². The highest BCUT2D eigenvalue weighted by Crippen LogP contribution is 2.22. The van der Waals surface area contributed by atoms with Crippen molar-refractivity contribution in [1.29, 1.82) is 0 Å². The Kier molecular flexibility index (Phi) is 4.86. The van der Waals surface area contributed by atoms with E-state index in [-0.39, 0.29) is 22.2 Å². The SMILES string of the molecule is CC[C@@H](N)C(=O)Nc1ccccc1S(=O)(=O)CC. The van der Waals surface area contributed by atoms with Crippen LogP contribution < -0.4 is 11.1 Å². The van der Waals surface area contributed by atoms with Crippen LogP contribution in [0.25, 0.3) is 0 Å². The van der Waals surface area contributed by atoms with Gasteiger partial charge in [0.1, 0.15) is 0 Å². The van der Waals surface area contributed by atoms with Gasteiger partial charge >= 0.3 is 0 Å². The van der Waals surface area contributed by atoms with Crippen molar-refractivity contribution in [3.63, 3.8) is 0 Å². The summed E-state index contributed by atoms with van der Waals surface area (Å²) in [6.45, 7) is 3.35. The number of anilines is 1. The number of carbonyl (C=O) groups excluding carboxylic acids is 1. The summed E-state index contributed by atoms with van der Waals surface area (Å²) in [6.07, 6.45) is 0.495. The van der Waals surface area contributed by atoms with Gasteiger partial charge in [0, 0.05) is 0 Å². The first-order chi connectivity index (χ1) is 8.42. The normalized spacial score (nSPS) is 13.1. The van der Waals surface area contributed by atoms with Crippen LogP contribution >= 0.6 is 0 Å². The molecule has 0 saturated carbocycles. The smallest absolute Gasteiger partial charge is 0.241 e. The average molecular weight is 270 g/mol. The fraction of sp³-hybridized carbons (Fsp3) is 0.417. The number of hydrogen-bond acceptors (Lipinski definition) is 4. The van der Waals surface area contributed by atoms with Gasteiger partial charge < -0.3 is 11.1 Å². The van der Waals surface area contributed by atoms with E-state index in [2.05, 4.69) is 5.32 Å². The lowest BCUT2D eigenvalue weighted by molar-refractivity contribution is -0.117. The fourth-order valence-electron chi connectivity index (χ4n) is 1.41. The maximum Gasteiger partial charge on any atom is 0.241 e. The topological polar surface area (TPSA) is 89.3 Å². The van der Waals surface area contributed by atoms with Crippen LogP contribution in [0.2, 0.25) is 0 Å². The van der Waals surface area contributed by atoms with Crippen molar-refractivity contribution in [3.8, 4) is 0 Å². The number of rotatable bonds is 5. The minimum absolute atomic E-state index is 0.0142. The quantitative estimate of drug-likeness (QED) is 0.840. The largest absolute Gasteiger partial charge is 0.324 e. The molecule has 1 amide bonds. The Labute approximate surface area is 107 Å². The van der Waals surface area contributed by atoms with Gasteiger partial charge in [-0.05, 0) is 18.6 Å². The summed E-state index contributed by atoms with van der Waals surface area (Å²) >= 11 is 0. The summed E-state index contributed by atoms with van der Waals surface area (Å²) in [7, 11) is -3.36. The van der Waals surface area contributed by atoms with Crippen LogP contribution in [0.3, 0.4) is 0 Å². The van der Waals surface area contributed by atoms with Crippen LogP contribution in [0.5, 0.6) is 0 Å². The molecule has 0 radical (unpaired) electrons. The predicted molar refractivity (Wildman–Crippen MR) is 71.1 cm³/mol. The van der Waals surface area contributed by atoms with Crippen molar-refractivity contribution >= 4 is 21.4 Å². The molecule has 0 heterocycles. The number of amides is 1. The van der Waals surface area contributed by atoms with Crippen molar-refractivity contribution < 1.29 is 13.2 Å². The molecule has 1 atom stereocenters. The molecule has 5 nitrogen and oxygen atoms in total. The highest BCUT2D eigenvalue weighted by atomic mass is 32.2. The summed E-state index contributed by atoms with van der Waals surface area (Å²) in [5.41, 5.74) is 5.88. The number of sulfone groups is 1. The zero-order valence-electron chi connectivity index (χ0n) is 10.5. The summed E-state index contributed by atoms with van der Waals surface area (Å²) in [4.78, 5) is 11.8. The van der Waals surface area contributed by atoms with E-state index in [0.717, 1.165) is 0 Å². The predicted octanol–water partition coefficient (Wildman–Crippen LogP) is 1.16. The summed E-state index contributed by atoms with van der Waals surface area (Å²) in [5, 5.41) is 2.56. The molecule has 0 spiro atoms. The Balaban J connectivity index is 3.08. The van der Waals surface area contributed by atoms with Crippen molar-refractivity contribution in [2.45, 2.75) is 31.2 Å². The van der Waals surface area contributed by atoms with E-state index in [1.54, 1.807) is 32.0 Å². The van der Waals surface area contributed by atoms with Gasteiger partial charge in [-0.2, -0.15) is 0 Å². The average Bonchev–Trinajstić information content (AvgIpc) is 2.38. The molecule has 0 aliphatic heterocycles. The zero-order chi connectivity index (χ0) is 13.8. The number of benzene rings is 1. The zero-order valence-corrected chi connectivity index (χ0v) is 11.3. The molecule has 3 N–H and O–H groups in total. The standard InChI is InChI=1S/C12H18N2O3S/c1-3-9(13)12(15)14-10-7-5-6-8-11(10)18(16,17)4-2/h5-9H,3-4,13H2,1-2H3,(H,14,15)/t9-/m1/s1. The lowest BCUT2D eigenvalue weighted by Gasteiger charge is -2.13. The van der Waals surface area contributed by atoms with Gasteiger partial charge in [0.25, 0.3) is 0 Å². The molecule has 0 aromatic heterocycles. The summed E-state index contributed by atoms with van der Waals surface area (Å²) in [5.74, 6) is -0.393. The third-order valence-corrected chi connectivity index (χ3v) is 4.42. The molecule has 0 saturated heterocycles. The highest BCUT2D eigenvalue weighted by molar-refractivity contribution is 7.91. The van der Waals surface area contributed by atoms with E-state index in [0.29, 0.717) is 6.42 Å². The van der Waals surface area contributed by atoms with Crippen LogP contribution in [0.1, 0.15) is 20.3 Å². The first-order valence-corrected chi connectivity index (χ1v) is 7.45. The molecular formula is C12H18N2O3S. The van der Waals surface area contributed by atoms with Gasteiger partial charge in [-0.1, -0.05) is 26.0 Å². The van der Waals surface area contributed by atoms with Crippen LogP contribution in [0.15, 0.2) is 29.2 Å². The maximum absolute atomic E-state index is 11.9. The van der Waals surface area contributed by atoms with Crippen LogP contribution in [-0.4, -0.2) is 26.1 Å². The summed E-state index contributed by atoms with van der Waals surface area (Å²) in [6, 6.07) is 5.69. The number of carbonyl (C=O) groups is 1. The number of nitrogens with one attached hydrogen (secondary N) is 1. The van der Waals surface area contributed by atoms with E-state index in [4.69, 9.17) is 5.73 Å². The molecule has 6 heteroatoms. The molecule has 1 aromatic rings. The Hall–Kier alpha value is -1.40. The van der Waals surface area contributed by atoms with Gasteiger partial charge in [0.05, 0.1) is 22.4 Å². The van der Waals surface area contributed by atoms with Crippen molar-refractivity contribution in [3.05, 3.63) is 24.3 Å². The molecule has 1 aromatic carbocycles. The number of nitrogens with two attached hydrogens (primary N) is 1. The molecule has 0 fully saturated rings. The van der Waals surface area contributed by atoms with Crippen molar-refractivity contribution in [1.82, 2.24) is 0 Å². The second-order valence-electron chi connectivity index (χ2n) is 3.90. The van der Waals surface area contributed by atoms with E-state index in [1.807, 2.05) is 0 Å². The maximum atomic E-state index is 11.9. The molecule has 1 rings (SSSR count). The Morgan fingerprint density at radius 2 is 1.94 bits per heavy atom. The van der Waals surface area contributed by atoms with Crippen LogP contribution in [0, 0.1) is 0 Å². The highest BCUT2D eigenvalue weighted by Gasteiger charge is 2.19. The van der Waals surface area contributed by atoms with Gasteiger partial charge in [-0.3, -0.25) is 4.79 Å². The summed E-state index contributed by atoms with van der Waals surface area (Å²) < 4.78 is 23.7. The third kappa shape index (κ3) is 3.30. The third-order valence-electron chi connectivity index (χ3n) is 2.64. The lowest BCUT2D eigenvalue weighted by Crippen LogP contribution is -2.35. The molecule has 100 valence electrons. The van der Waals surface area contributed by atoms with Crippen molar-refractivity contribution in [2.75, 3.05) is 11.1 Å². The minimum atomic E-state index is -3.36. The first kappa shape index (κ1) is 14.7. The monoisotopic (exact) mass is 270 g/mol. The minimum Gasteiger partial charge on any atom is -0.324 e. The Bertz CT molecular complexity index is 526. The van der Waals surface area contributed by atoms with Gasteiger partial charge in [0.15, 0.2) is 9.84 Å². The van der Waals surface area contributed by atoms with E-state index in [1.165, 1.54) is 6.07 Å². The van der Waals surface area contributed by atoms with Crippen LogP contribution in [-0.2, 0) is 14.6 Å². The number of para-hydroxylation sites is 1. The molecular weight excluding hydrogens is 252 g/mol. The van der Waals surface area contributed by atoms with Gasteiger partial charge in [-0.25, -0.2) is 8.42 Å². The Morgan fingerprint density at radius 1 is 1.33 bits per heavy atom. The molecule has 0 aliphatic carbocycles. The van der Waals surface area contributed by atoms with Crippen molar-refractivity contribution in [2.24, 2.45) is 5.73 Å². The second kappa shape index (κ2) is 5.97. The lowest BCUT2D eigenvalue weighted by atomic mass is 10.2.